The van der Waals surface area contributed by atoms with Crippen LogP contribution in [0.25, 0.3) is 0 Å². The number of hydrogen-bond donors (Lipinski definition) is 0. The number of ether oxygens (including phenoxy) is 1. The fourth-order valence-electron chi connectivity index (χ4n) is 3.81. The average molecular weight is 469 g/mol. The lowest BCUT2D eigenvalue weighted by Crippen LogP contribution is -2.40. The summed E-state index contributed by atoms with van der Waals surface area (Å²) in [6.07, 6.45) is 2.66. The monoisotopic (exact) mass is 468 g/mol. The van der Waals surface area contributed by atoms with E-state index < -0.39 is 0 Å². The molecule has 2 unspecified atom stereocenters. The number of thioether (sulfide) groups is 1. The molecule has 0 aliphatic carbocycles. The van der Waals surface area contributed by atoms with E-state index in [0.717, 1.165) is 12.1 Å². The highest BCUT2D eigenvalue weighted by molar-refractivity contribution is 8.00. The van der Waals surface area contributed by atoms with Crippen LogP contribution in [0, 0.1) is 0 Å². The summed E-state index contributed by atoms with van der Waals surface area (Å²) in [5.41, 5.74) is 2.21. The lowest BCUT2D eigenvalue weighted by Gasteiger charge is -2.25. The van der Waals surface area contributed by atoms with E-state index in [4.69, 9.17) is 16.3 Å². The number of carbonyl (C=O) groups is 1. The quantitative estimate of drug-likeness (QED) is 0.338. The number of benzene rings is 2. The molecule has 1 amide bonds. The summed E-state index contributed by atoms with van der Waals surface area (Å²) < 4.78 is 7.76. The summed E-state index contributed by atoms with van der Waals surface area (Å²) in [5, 5.41) is 9.63. The van der Waals surface area contributed by atoms with Crippen LogP contribution in [-0.4, -0.2) is 32.0 Å². The Morgan fingerprint density at radius 3 is 2.78 bits per heavy atom. The zero-order chi connectivity index (χ0) is 22.7. The molecule has 8 heteroatoms. The Bertz CT molecular complexity index is 1120. The molecule has 3 aromatic rings. The van der Waals surface area contributed by atoms with Crippen molar-refractivity contribution in [3.63, 3.8) is 0 Å². The smallest absolute Gasteiger partial charge is 0.240 e. The Morgan fingerprint density at radius 2 is 2.03 bits per heavy atom. The number of anilines is 1. The van der Waals surface area contributed by atoms with Crippen LogP contribution in [0.15, 0.2) is 66.3 Å². The first-order valence-electron chi connectivity index (χ1n) is 10.5. The van der Waals surface area contributed by atoms with Gasteiger partial charge in [0.25, 0.3) is 0 Å². The van der Waals surface area contributed by atoms with E-state index in [9.17, 15) is 4.79 Å². The maximum atomic E-state index is 13.3. The number of halogens is 1. The molecule has 1 aliphatic rings. The molecule has 0 bridgehead atoms. The van der Waals surface area contributed by atoms with Crippen LogP contribution in [0.1, 0.15) is 25.2 Å². The highest BCUT2D eigenvalue weighted by Crippen LogP contribution is 2.34. The lowest BCUT2D eigenvalue weighted by molar-refractivity contribution is -0.118. The third-order valence-electron chi connectivity index (χ3n) is 5.36. The van der Waals surface area contributed by atoms with Gasteiger partial charge in [0.15, 0.2) is 11.0 Å². The summed E-state index contributed by atoms with van der Waals surface area (Å²) in [4.78, 5) is 15.2. The molecule has 2 atom stereocenters. The van der Waals surface area contributed by atoms with Crippen molar-refractivity contribution in [3.05, 3.63) is 77.6 Å². The molecule has 0 fully saturated rings. The van der Waals surface area contributed by atoms with Crippen LogP contribution in [0.3, 0.4) is 0 Å². The lowest BCUT2D eigenvalue weighted by atomic mass is 10.1. The third kappa shape index (κ3) is 4.69. The summed E-state index contributed by atoms with van der Waals surface area (Å²) in [5.74, 6) is 1.43. The molecule has 166 valence electrons. The third-order valence-corrected chi connectivity index (χ3v) is 6.68. The predicted octanol–water partition coefficient (Wildman–Crippen LogP) is 5.15. The first-order chi connectivity index (χ1) is 15.5. The molecule has 1 aliphatic heterocycles. The van der Waals surface area contributed by atoms with Gasteiger partial charge >= 0.3 is 0 Å². The minimum Gasteiger partial charge on any atom is -0.486 e. The predicted molar refractivity (Wildman–Crippen MR) is 128 cm³/mol. The van der Waals surface area contributed by atoms with Crippen molar-refractivity contribution in [1.82, 2.24) is 14.8 Å². The van der Waals surface area contributed by atoms with E-state index in [1.54, 1.807) is 18.2 Å². The SMILES string of the molecule is C=CCn1c(COc2ccc(Cl)cc2)nnc1SC(C)C(=O)N1c2ccccc2CC1C. The fraction of sp³-hybridized carbons (Fsp3) is 0.292. The number of para-hydroxylation sites is 1. The summed E-state index contributed by atoms with van der Waals surface area (Å²) in [6, 6.07) is 15.4. The van der Waals surface area contributed by atoms with Crippen LogP contribution >= 0.6 is 23.4 Å². The average Bonchev–Trinajstić information content (AvgIpc) is 3.32. The van der Waals surface area contributed by atoms with E-state index in [0.29, 0.717) is 28.3 Å². The van der Waals surface area contributed by atoms with Gasteiger partial charge in [-0.15, -0.1) is 16.8 Å². The van der Waals surface area contributed by atoms with E-state index in [1.807, 2.05) is 46.7 Å². The number of amides is 1. The molecule has 1 aromatic heterocycles. The molecule has 4 rings (SSSR count). The Hall–Kier alpha value is -2.77. The molecular weight excluding hydrogens is 444 g/mol. The van der Waals surface area contributed by atoms with Gasteiger partial charge in [-0.1, -0.05) is 47.6 Å². The Balaban J connectivity index is 1.48. The number of allylic oxidation sites excluding steroid dienone is 1. The molecule has 2 heterocycles. The highest BCUT2D eigenvalue weighted by atomic mass is 35.5. The molecule has 0 saturated heterocycles. The second kappa shape index (κ2) is 9.79. The van der Waals surface area contributed by atoms with Crippen LogP contribution in [0.2, 0.25) is 5.02 Å². The van der Waals surface area contributed by atoms with Crippen LogP contribution in [0.5, 0.6) is 5.75 Å². The van der Waals surface area contributed by atoms with Gasteiger partial charge in [0, 0.05) is 23.3 Å². The van der Waals surface area contributed by atoms with Crippen molar-refractivity contribution < 1.29 is 9.53 Å². The van der Waals surface area contributed by atoms with Crippen LogP contribution < -0.4 is 9.64 Å². The number of carbonyl (C=O) groups excluding carboxylic acids is 1. The van der Waals surface area contributed by atoms with Gasteiger partial charge < -0.3 is 9.64 Å². The van der Waals surface area contributed by atoms with E-state index in [1.165, 1.54) is 17.3 Å². The maximum Gasteiger partial charge on any atom is 0.240 e. The molecule has 0 spiro atoms. The zero-order valence-electron chi connectivity index (χ0n) is 18.1. The van der Waals surface area contributed by atoms with Crippen molar-refractivity contribution in [2.45, 2.75) is 49.9 Å². The van der Waals surface area contributed by atoms with Crippen LogP contribution in [-0.2, 0) is 24.4 Å². The van der Waals surface area contributed by atoms with Crippen molar-refractivity contribution >= 4 is 35.0 Å². The van der Waals surface area contributed by atoms with Gasteiger partial charge in [0.2, 0.25) is 5.91 Å². The molecular formula is C24H25ClN4O2S. The number of nitrogens with zero attached hydrogens (tertiary/aromatic N) is 4. The number of aromatic nitrogens is 3. The van der Waals surface area contributed by atoms with Gasteiger partial charge in [-0.2, -0.15) is 0 Å². The normalized spacial score (nSPS) is 16.0. The first kappa shape index (κ1) is 22.4. The van der Waals surface area contributed by atoms with Crippen molar-refractivity contribution in [3.8, 4) is 5.75 Å². The molecule has 0 saturated carbocycles. The van der Waals surface area contributed by atoms with Gasteiger partial charge in [-0.3, -0.25) is 9.36 Å². The minimum absolute atomic E-state index is 0.0690. The standard InChI is InChI=1S/C24H25ClN4O2S/c1-4-13-28-22(15-31-20-11-9-19(25)10-12-20)26-27-24(28)32-17(3)23(30)29-16(2)14-18-7-5-6-8-21(18)29/h4-12,16-17H,1,13-15H2,2-3H3. The molecule has 6 nitrogen and oxygen atoms in total. The number of rotatable bonds is 8. The maximum absolute atomic E-state index is 13.3. The highest BCUT2D eigenvalue weighted by Gasteiger charge is 2.34. The second-order valence-electron chi connectivity index (χ2n) is 7.69. The van der Waals surface area contributed by atoms with E-state index in [-0.39, 0.29) is 23.8 Å². The van der Waals surface area contributed by atoms with Gasteiger partial charge in [0.1, 0.15) is 12.4 Å². The molecule has 0 radical (unpaired) electrons. The van der Waals surface area contributed by atoms with Crippen molar-refractivity contribution in [2.24, 2.45) is 0 Å². The summed E-state index contributed by atoms with van der Waals surface area (Å²) in [6.45, 7) is 8.62. The largest absolute Gasteiger partial charge is 0.486 e. The van der Waals surface area contributed by atoms with Crippen molar-refractivity contribution in [1.29, 1.82) is 0 Å². The minimum atomic E-state index is -0.318. The molecule has 0 N–H and O–H groups in total. The topological polar surface area (TPSA) is 60.2 Å². The van der Waals surface area contributed by atoms with E-state index in [2.05, 4.69) is 29.8 Å². The Morgan fingerprint density at radius 1 is 1.28 bits per heavy atom. The molecule has 2 aromatic carbocycles. The van der Waals surface area contributed by atoms with Crippen LogP contribution in [0.4, 0.5) is 5.69 Å². The Kier molecular flexibility index (Phi) is 6.86. The number of fused-ring (bicyclic) bond motifs is 1. The van der Waals surface area contributed by atoms with E-state index >= 15 is 0 Å². The summed E-state index contributed by atoms with van der Waals surface area (Å²) in [7, 11) is 0. The first-order valence-corrected chi connectivity index (χ1v) is 11.7. The van der Waals surface area contributed by atoms with Crippen molar-refractivity contribution in [2.75, 3.05) is 4.90 Å². The fourth-order valence-corrected chi connectivity index (χ4v) is 4.86. The van der Waals surface area contributed by atoms with Gasteiger partial charge in [0.05, 0.1) is 5.25 Å². The molecule has 32 heavy (non-hydrogen) atoms. The zero-order valence-corrected chi connectivity index (χ0v) is 19.6. The van der Waals surface area contributed by atoms with Gasteiger partial charge in [-0.25, -0.2) is 0 Å². The summed E-state index contributed by atoms with van der Waals surface area (Å²) >= 11 is 7.33. The number of hydrogen-bond acceptors (Lipinski definition) is 5. The Labute approximate surface area is 197 Å². The van der Waals surface area contributed by atoms with Gasteiger partial charge in [-0.05, 0) is 56.2 Å². The second-order valence-corrected chi connectivity index (χ2v) is 9.44.